The average molecular weight is 332 g/mol. The molecular formula is C21H24N4. The molecule has 1 fully saturated rings. The van der Waals surface area contributed by atoms with Crippen molar-refractivity contribution >= 4 is 5.82 Å². The Bertz CT molecular complexity index is 844. The van der Waals surface area contributed by atoms with Crippen molar-refractivity contribution in [1.29, 1.82) is 0 Å². The van der Waals surface area contributed by atoms with E-state index in [1.165, 1.54) is 33.6 Å². The SMILES string of the molecule is Cc1ccc(-c2cn(C)c(N3CCNCC3)c2-c2ccncc2)cc1. The van der Waals surface area contributed by atoms with E-state index in [0.717, 1.165) is 26.2 Å². The Morgan fingerprint density at radius 2 is 1.60 bits per heavy atom. The molecule has 1 aliphatic heterocycles. The molecule has 2 aromatic heterocycles. The lowest BCUT2D eigenvalue weighted by molar-refractivity contribution is 0.579. The van der Waals surface area contributed by atoms with Gasteiger partial charge in [-0.3, -0.25) is 4.98 Å². The van der Waals surface area contributed by atoms with Gasteiger partial charge >= 0.3 is 0 Å². The number of aromatic nitrogens is 2. The van der Waals surface area contributed by atoms with E-state index in [9.17, 15) is 0 Å². The Hall–Kier alpha value is -2.59. The quantitative estimate of drug-likeness (QED) is 0.797. The summed E-state index contributed by atoms with van der Waals surface area (Å²) >= 11 is 0. The summed E-state index contributed by atoms with van der Waals surface area (Å²) in [6.07, 6.45) is 6.02. The summed E-state index contributed by atoms with van der Waals surface area (Å²) < 4.78 is 2.27. The lowest BCUT2D eigenvalue weighted by Crippen LogP contribution is -2.44. The Labute approximate surface area is 149 Å². The number of nitrogens with one attached hydrogen (secondary N) is 1. The van der Waals surface area contributed by atoms with Crippen molar-refractivity contribution in [3.05, 3.63) is 60.6 Å². The standard InChI is InChI=1S/C21H24N4/c1-16-3-5-17(6-4-16)19-15-24(2)21(25-13-11-23-12-14-25)20(19)18-7-9-22-10-8-18/h3-10,15,23H,11-14H2,1-2H3. The first-order valence-corrected chi connectivity index (χ1v) is 8.86. The molecule has 0 amide bonds. The largest absolute Gasteiger partial charge is 0.355 e. The molecule has 4 nitrogen and oxygen atoms in total. The summed E-state index contributed by atoms with van der Waals surface area (Å²) in [6.45, 7) is 6.25. The molecular weight excluding hydrogens is 308 g/mol. The second-order valence-electron chi connectivity index (χ2n) is 6.69. The van der Waals surface area contributed by atoms with Gasteiger partial charge in [0.25, 0.3) is 0 Å². The van der Waals surface area contributed by atoms with Crippen LogP contribution >= 0.6 is 0 Å². The van der Waals surface area contributed by atoms with Gasteiger partial charge in [-0.05, 0) is 30.2 Å². The molecule has 3 aromatic rings. The van der Waals surface area contributed by atoms with Crippen LogP contribution in [0.15, 0.2) is 55.0 Å². The van der Waals surface area contributed by atoms with Crippen LogP contribution < -0.4 is 10.2 Å². The molecule has 0 saturated carbocycles. The Morgan fingerprint density at radius 3 is 2.28 bits per heavy atom. The number of hydrogen-bond donors (Lipinski definition) is 1. The van der Waals surface area contributed by atoms with E-state index in [2.05, 4.69) is 76.3 Å². The van der Waals surface area contributed by atoms with Gasteiger partial charge < -0.3 is 14.8 Å². The molecule has 0 aliphatic carbocycles. The molecule has 1 aliphatic rings. The number of anilines is 1. The zero-order valence-corrected chi connectivity index (χ0v) is 14.9. The minimum absolute atomic E-state index is 1.03. The zero-order chi connectivity index (χ0) is 17.2. The van der Waals surface area contributed by atoms with Gasteiger partial charge in [0.05, 0.1) is 0 Å². The summed E-state index contributed by atoms with van der Waals surface area (Å²) in [5.74, 6) is 1.29. The molecule has 4 rings (SSSR count). The number of piperazine rings is 1. The van der Waals surface area contributed by atoms with Crippen molar-refractivity contribution in [2.75, 3.05) is 31.1 Å². The van der Waals surface area contributed by atoms with E-state index in [-0.39, 0.29) is 0 Å². The molecule has 3 heterocycles. The summed E-state index contributed by atoms with van der Waals surface area (Å²) in [7, 11) is 2.15. The number of rotatable bonds is 3. The minimum Gasteiger partial charge on any atom is -0.355 e. The van der Waals surface area contributed by atoms with Gasteiger partial charge in [0.15, 0.2) is 0 Å². The molecule has 0 unspecified atom stereocenters. The fourth-order valence-corrected chi connectivity index (χ4v) is 3.63. The van der Waals surface area contributed by atoms with Crippen molar-refractivity contribution in [3.63, 3.8) is 0 Å². The molecule has 4 heteroatoms. The molecule has 128 valence electrons. The third-order valence-electron chi connectivity index (χ3n) is 4.90. The van der Waals surface area contributed by atoms with E-state index in [1.54, 1.807) is 0 Å². The minimum atomic E-state index is 1.03. The highest BCUT2D eigenvalue weighted by Gasteiger charge is 2.23. The molecule has 25 heavy (non-hydrogen) atoms. The highest BCUT2D eigenvalue weighted by atomic mass is 15.3. The number of aryl methyl sites for hydroxylation is 2. The predicted octanol–water partition coefficient (Wildman–Crippen LogP) is 3.47. The first kappa shape index (κ1) is 15.9. The monoisotopic (exact) mass is 332 g/mol. The van der Waals surface area contributed by atoms with E-state index in [1.807, 2.05) is 12.4 Å². The maximum absolute atomic E-state index is 4.20. The van der Waals surface area contributed by atoms with Gasteiger partial charge in [-0.15, -0.1) is 0 Å². The number of hydrogen-bond acceptors (Lipinski definition) is 3. The Morgan fingerprint density at radius 1 is 0.920 bits per heavy atom. The van der Waals surface area contributed by atoms with Gasteiger partial charge in [0.1, 0.15) is 5.82 Å². The first-order valence-electron chi connectivity index (χ1n) is 8.86. The van der Waals surface area contributed by atoms with Crippen molar-refractivity contribution in [2.45, 2.75) is 6.92 Å². The van der Waals surface area contributed by atoms with E-state index in [4.69, 9.17) is 0 Å². The Balaban J connectivity index is 1.90. The van der Waals surface area contributed by atoms with Gasteiger partial charge in [0, 0.05) is 62.9 Å². The van der Waals surface area contributed by atoms with Crippen molar-refractivity contribution in [3.8, 4) is 22.3 Å². The summed E-state index contributed by atoms with van der Waals surface area (Å²) in [5.41, 5.74) is 6.35. The first-order chi connectivity index (χ1) is 12.2. The summed E-state index contributed by atoms with van der Waals surface area (Å²) in [6, 6.07) is 13.0. The highest BCUT2D eigenvalue weighted by molar-refractivity contribution is 5.92. The van der Waals surface area contributed by atoms with Crippen LogP contribution in [0.4, 0.5) is 5.82 Å². The fraction of sp³-hybridized carbons (Fsp3) is 0.286. The van der Waals surface area contributed by atoms with E-state index < -0.39 is 0 Å². The van der Waals surface area contributed by atoms with Crippen LogP contribution in [0.1, 0.15) is 5.56 Å². The van der Waals surface area contributed by atoms with Crippen LogP contribution in [0, 0.1) is 6.92 Å². The van der Waals surface area contributed by atoms with Crippen LogP contribution in [0.5, 0.6) is 0 Å². The number of nitrogens with zero attached hydrogens (tertiary/aromatic N) is 3. The molecule has 0 spiro atoms. The van der Waals surface area contributed by atoms with Crippen LogP contribution in [0.25, 0.3) is 22.3 Å². The fourth-order valence-electron chi connectivity index (χ4n) is 3.63. The van der Waals surface area contributed by atoms with Crippen LogP contribution in [-0.2, 0) is 7.05 Å². The van der Waals surface area contributed by atoms with Crippen LogP contribution in [0.3, 0.4) is 0 Å². The van der Waals surface area contributed by atoms with Crippen molar-refractivity contribution in [2.24, 2.45) is 7.05 Å². The van der Waals surface area contributed by atoms with Crippen molar-refractivity contribution < 1.29 is 0 Å². The smallest absolute Gasteiger partial charge is 0.117 e. The second kappa shape index (κ2) is 6.73. The van der Waals surface area contributed by atoms with Gasteiger partial charge in [-0.25, -0.2) is 0 Å². The van der Waals surface area contributed by atoms with Crippen LogP contribution in [-0.4, -0.2) is 35.7 Å². The summed E-state index contributed by atoms with van der Waals surface area (Å²) in [4.78, 5) is 6.69. The number of pyridine rings is 1. The van der Waals surface area contributed by atoms with Gasteiger partial charge in [-0.1, -0.05) is 29.8 Å². The maximum atomic E-state index is 4.20. The van der Waals surface area contributed by atoms with E-state index >= 15 is 0 Å². The third-order valence-corrected chi connectivity index (χ3v) is 4.90. The molecule has 1 aromatic carbocycles. The van der Waals surface area contributed by atoms with Gasteiger partial charge in [-0.2, -0.15) is 0 Å². The normalized spacial score (nSPS) is 14.7. The topological polar surface area (TPSA) is 33.1 Å². The van der Waals surface area contributed by atoms with Crippen LogP contribution in [0.2, 0.25) is 0 Å². The highest BCUT2D eigenvalue weighted by Crippen LogP contribution is 2.41. The van der Waals surface area contributed by atoms with Crippen molar-refractivity contribution in [1.82, 2.24) is 14.9 Å². The maximum Gasteiger partial charge on any atom is 0.117 e. The lowest BCUT2D eigenvalue weighted by Gasteiger charge is -2.31. The Kier molecular flexibility index (Phi) is 4.28. The van der Waals surface area contributed by atoms with Gasteiger partial charge in [0.2, 0.25) is 0 Å². The summed E-state index contributed by atoms with van der Waals surface area (Å²) in [5, 5.41) is 3.45. The molecule has 1 N–H and O–H groups in total. The third kappa shape index (κ3) is 3.05. The molecule has 1 saturated heterocycles. The second-order valence-corrected chi connectivity index (χ2v) is 6.69. The molecule has 0 radical (unpaired) electrons. The number of benzene rings is 1. The molecule has 0 atom stereocenters. The lowest BCUT2D eigenvalue weighted by atomic mass is 9.98. The predicted molar refractivity (Wildman–Crippen MR) is 104 cm³/mol. The zero-order valence-electron chi connectivity index (χ0n) is 14.9. The van der Waals surface area contributed by atoms with E-state index in [0.29, 0.717) is 0 Å². The average Bonchev–Trinajstić information content (AvgIpc) is 3.01. The molecule has 0 bridgehead atoms.